The van der Waals surface area contributed by atoms with Crippen molar-refractivity contribution in [3.8, 4) is 17.2 Å². The van der Waals surface area contributed by atoms with Crippen molar-refractivity contribution in [3.05, 3.63) is 47.5 Å². The van der Waals surface area contributed by atoms with E-state index >= 15 is 0 Å². The highest BCUT2D eigenvalue weighted by Crippen LogP contribution is 2.57. The third-order valence-corrected chi connectivity index (χ3v) is 8.67. The third kappa shape index (κ3) is 4.39. The summed E-state index contributed by atoms with van der Waals surface area (Å²) in [7, 11) is 1.60. The van der Waals surface area contributed by atoms with Crippen molar-refractivity contribution in [2.75, 3.05) is 26.9 Å². The number of rotatable bonds is 6. The number of ether oxygens (including phenoxy) is 4. The number of amidine groups is 1. The number of carbonyl (C=O) groups excluding carboxylic acids is 2. The molecule has 1 fully saturated rings. The van der Waals surface area contributed by atoms with Gasteiger partial charge in [-0.05, 0) is 44.8 Å². The topological polar surface area (TPSA) is 173 Å². The number of benzene rings is 1. The predicted octanol–water partition coefficient (Wildman–Crippen LogP) is 1.33. The molecule has 4 atom stereocenters. The zero-order chi connectivity index (χ0) is 30.7. The van der Waals surface area contributed by atoms with Crippen molar-refractivity contribution in [2.24, 2.45) is 20.7 Å². The molecule has 0 spiro atoms. The molecule has 5 aliphatic heterocycles. The number of esters is 1. The molecule has 0 saturated heterocycles. The monoisotopic (exact) mass is 603 g/mol. The van der Waals surface area contributed by atoms with Crippen LogP contribution in [-0.4, -0.2) is 89.2 Å². The second-order valence-corrected chi connectivity index (χ2v) is 11.5. The zero-order valence-corrected chi connectivity index (χ0v) is 24.6. The van der Waals surface area contributed by atoms with Crippen molar-refractivity contribution < 1.29 is 33.6 Å². The van der Waals surface area contributed by atoms with E-state index in [-0.39, 0.29) is 36.6 Å². The molecule has 1 unspecified atom stereocenters. The molecule has 1 aliphatic carbocycles. The van der Waals surface area contributed by atoms with Gasteiger partial charge in [-0.15, -0.1) is 0 Å². The number of amides is 1. The molecule has 230 valence electrons. The van der Waals surface area contributed by atoms with E-state index in [1.54, 1.807) is 32.4 Å². The summed E-state index contributed by atoms with van der Waals surface area (Å²) in [6.45, 7) is 4.30. The summed E-state index contributed by atoms with van der Waals surface area (Å²) < 4.78 is 23.7. The molecular weight excluding hydrogens is 570 g/mol. The van der Waals surface area contributed by atoms with Gasteiger partial charge in [0.25, 0.3) is 0 Å². The molecule has 1 aromatic rings. The largest absolute Gasteiger partial charge is 0.496 e. The van der Waals surface area contributed by atoms with Crippen LogP contribution in [0.5, 0.6) is 17.2 Å². The van der Waals surface area contributed by atoms with Gasteiger partial charge in [-0.25, -0.2) is 4.79 Å². The lowest BCUT2D eigenvalue weighted by Crippen LogP contribution is -2.53. The van der Waals surface area contributed by atoms with Gasteiger partial charge < -0.3 is 40.0 Å². The molecule has 6 aliphatic rings. The molecule has 1 saturated carbocycles. The van der Waals surface area contributed by atoms with Gasteiger partial charge in [0.1, 0.15) is 30.0 Å². The van der Waals surface area contributed by atoms with E-state index in [2.05, 4.69) is 20.3 Å². The van der Waals surface area contributed by atoms with Crippen LogP contribution >= 0.6 is 0 Å². The molecule has 1 aromatic carbocycles. The number of carbonyl (C=O) groups is 2. The van der Waals surface area contributed by atoms with Crippen LogP contribution in [0, 0.1) is 0 Å². The minimum atomic E-state index is -0.992. The van der Waals surface area contributed by atoms with Crippen LogP contribution in [-0.2, 0) is 14.3 Å². The third-order valence-electron chi connectivity index (χ3n) is 8.67. The van der Waals surface area contributed by atoms with Crippen LogP contribution in [0.2, 0.25) is 0 Å². The second kappa shape index (κ2) is 10.4. The molecular formula is C30H33N7O7. The van der Waals surface area contributed by atoms with Gasteiger partial charge in [-0.1, -0.05) is 6.08 Å². The SMILES string of the molecule is CCOC(=O)C1=C/C(=C\CN2C=CNC2N2CN=C3C(=O)N=C(N)N=C32)c2c(cc3c(c2OC)[C@H]2CCC[C@@](C)(O)[C@H]2O3)O1. The van der Waals surface area contributed by atoms with Gasteiger partial charge in [0.15, 0.2) is 17.8 Å². The normalized spacial score (nSPS) is 28.9. The molecule has 0 bridgehead atoms. The summed E-state index contributed by atoms with van der Waals surface area (Å²) in [5.41, 5.74) is 7.21. The highest BCUT2D eigenvalue weighted by atomic mass is 16.6. The van der Waals surface area contributed by atoms with Crippen molar-refractivity contribution in [3.63, 3.8) is 0 Å². The Labute approximate surface area is 253 Å². The average Bonchev–Trinajstić information content (AvgIpc) is 3.72. The zero-order valence-electron chi connectivity index (χ0n) is 24.6. The lowest BCUT2D eigenvalue weighted by molar-refractivity contribution is -0.141. The maximum Gasteiger partial charge on any atom is 0.374 e. The quantitative estimate of drug-likeness (QED) is 0.400. The standard InChI is InChI=1S/C30H33N7O7/c1-4-42-27(39)19-12-15(7-10-36-11-9-32-29(36)37-14-33-22-25(37)34-28(31)35-26(22)38)20-17(43-19)13-18-21(23(20)41-3)16-6-5-8-30(2,40)24(16)44-18/h7,9,11-13,16,24,29,32,40H,4-6,8,10,14H2,1-3H3,(H2,31,35,38)/b15-7+/t16-,24+,29?,30-/m1/s1. The highest BCUT2D eigenvalue weighted by molar-refractivity contribution is 6.69. The van der Waals surface area contributed by atoms with Gasteiger partial charge in [0.2, 0.25) is 11.7 Å². The Balaban J connectivity index is 1.25. The van der Waals surface area contributed by atoms with Gasteiger partial charge in [-0.3, -0.25) is 14.7 Å². The first-order chi connectivity index (χ1) is 21.2. The number of nitrogens with two attached hydrogens (primary N) is 1. The number of guanidine groups is 1. The van der Waals surface area contributed by atoms with E-state index in [0.29, 0.717) is 47.2 Å². The molecule has 4 N–H and O–H groups in total. The number of hydrogen-bond acceptors (Lipinski definition) is 13. The number of allylic oxidation sites excluding steroid dienone is 2. The minimum Gasteiger partial charge on any atom is -0.496 e. The summed E-state index contributed by atoms with van der Waals surface area (Å²) in [6, 6.07) is 1.77. The fourth-order valence-corrected chi connectivity index (χ4v) is 6.74. The molecule has 44 heavy (non-hydrogen) atoms. The summed E-state index contributed by atoms with van der Waals surface area (Å²) in [4.78, 5) is 41.3. The molecule has 7 rings (SSSR count). The Morgan fingerprint density at radius 1 is 1.34 bits per heavy atom. The summed E-state index contributed by atoms with van der Waals surface area (Å²) in [5.74, 6) is 0.659. The van der Waals surface area contributed by atoms with E-state index in [4.69, 9.17) is 24.7 Å². The summed E-state index contributed by atoms with van der Waals surface area (Å²) in [6.07, 6.45) is 8.79. The smallest absolute Gasteiger partial charge is 0.374 e. The molecule has 14 heteroatoms. The number of fused-ring (bicyclic) bond motifs is 5. The van der Waals surface area contributed by atoms with Crippen LogP contribution in [0.1, 0.15) is 50.2 Å². The Morgan fingerprint density at radius 2 is 2.18 bits per heavy atom. The van der Waals surface area contributed by atoms with Crippen LogP contribution in [0.3, 0.4) is 0 Å². The van der Waals surface area contributed by atoms with E-state index in [9.17, 15) is 14.7 Å². The van der Waals surface area contributed by atoms with Crippen LogP contribution in [0.15, 0.2) is 51.4 Å². The molecule has 0 aromatic heterocycles. The number of nitrogens with one attached hydrogen (secondary N) is 1. The first-order valence-electron chi connectivity index (χ1n) is 14.6. The lowest BCUT2D eigenvalue weighted by Gasteiger charge is -2.37. The highest BCUT2D eigenvalue weighted by Gasteiger charge is 2.50. The maximum atomic E-state index is 12.9. The number of methoxy groups -OCH3 is 1. The Hall–Kier alpha value is -4.85. The van der Waals surface area contributed by atoms with Crippen LogP contribution < -0.4 is 25.3 Å². The van der Waals surface area contributed by atoms with Crippen LogP contribution in [0.4, 0.5) is 0 Å². The van der Waals surface area contributed by atoms with Gasteiger partial charge in [0, 0.05) is 36.5 Å². The second-order valence-electron chi connectivity index (χ2n) is 11.5. The Kier molecular flexibility index (Phi) is 6.61. The number of hydrogen-bond donors (Lipinski definition) is 3. The number of aliphatic imine (C=N–C) groups is 3. The molecule has 0 radical (unpaired) electrons. The van der Waals surface area contributed by atoms with E-state index in [1.807, 2.05) is 29.0 Å². The van der Waals surface area contributed by atoms with Crippen molar-refractivity contribution in [2.45, 2.75) is 57.0 Å². The van der Waals surface area contributed by atoms with Crippen molar-refractivity contribution in [1.29, 1.82) is 0 Å². The fourth-order valence-electron chi connectivity index (χ4n) is 6.74. The molecule has 1 amide bonds. The van der Waals surface area contributed by atoms with E-state index in [1.165, 1.54) is 0 Å². The Morgan fingerprint density at radius 3 is 2.98 bits per heavy atom. The average molecular weight is 604 g/mol. The predicted molar refractivity (Wildman–Crippen MR) is 159 cm³/mol. The van der Waals surface area contributed by atoms with Crippen molar-refractivity contribution >= 4 is 35.0 Å². The molecule has 5 heterocycles. The first kappa shape index (κ1) is 28.0. The molecule has 14 nitrogen and oxygen atoms in total. The number of nitrogens with zero attached hydrogens (tertiary/aromatic N) is 5. The first-order valence-corrected chi connectivity index (χ1v) is 14.6. The maximum absolute atomic E-state index is 12.9. The van der Waals surface area contributed by atoms with Gasteiger partial charge in [0.05, 0.1) is 24.9 Å². The van der Waals surface area contributed by atoms with Crippen LogP contribution in [0.25, 0.3) is 5.57 Å². The van der Waals surface area contributed by atoms with Gasteiger partial charge >= 0.3 is 11.9 Å². The summed E-state index contributed by atoms with van der Waals surface area (Å²) >= 11 is 0. The fraction of sp³-hybridized carbons (Fsp3) is 0.433. The summed E-state index contributed by atoms with van der Waals surface area (Å²) in [5, 5.41) is 14.4. The Bertz CT molecular complexity index is 1640. The van der Waals surface area contributed by atoms with Gasteiger partial charge in [-0.2, -0.15) is 9.98 Å². The number of aliphatic hydroxyl groups is 1. The minimum absolute atomic E-state index is 0.0315. The van der Waals surface area contributed by atoms with E-state index < -0.39 is 29.9 Å². The lowest BCUT2D eigenvalue weighted by atomic mass is 9.74. The van der Waals surface area contributed by atoms with Crippen molar-refractivity contribution in [1.82, 2.24) is 15.1 Å². The van der Waals surface area contributed by atoms with E-state index in [0.717, 1.165) is 18.4 Å².